The first-order valence-electron chi connectivity index (χ1n) is 8.01. The highest BCUT2D eigenvalue weighted by Crippen LogP contribution is 2.29. The highest BCUT2D eigenvalue weighted by atomic mass is 16.5. The van der Waals surface area contributed by atoms with Crippen molar-refractivity contribution in [3.05, 3.63) is 17.0 Å². The molecule has 1 aliphatic rings. The molecule has 1 N–H and O–H groups in total. The number of amides is 1. The lowest BCUT2D eigenvalue weighted by Gasteiger charge is -2.36. The number of hydrogen-bond donors (Lipinski definition) is 1. The van der Waals surface area contributed by atoms with Crippen molar-refractivity contribution in [3.8, 4) is 0 Å². The van der Waals surface area contributed by atoms with Crippen molar-refractivity contribution in [2.45, 2.75) is 45.6 Å². The molecule has 1 unspecified atom stereocenters. The van der Waals surface area contributed by atoms with E-state index < -0.39 is 5.97 Å². The van der Waals surface area contributed by atoms with Crippen molar-refractivity contribution in [3.63, 3.8) is 0 Å². The van der Waals surface area contributed by atoms with Crippen LogP contribution in [0.4, 0.5) is 0 Å². The normalized spacial score (nSPS) is 18.2. The second-order valence-corrected chi connectivity index (χ2v) is 5.99. The Morgan fingerprint density at radius 1 is 1.30 bits per heavy atom. The molecule has 7 nitrogen and oxygen atoms in total. The van der Waals surface area contributed by atoms with E-state index in [1.54, 1.807) is 0 Å². The van der Waals surface area contributed by atoms with Crippen LogP contribution < -0.4 is 0 Å². The quantitative estimate of drug-likeness (QED) is 0.804. The van der Waals surface area contributed by atoms with Crippen LogP contribution in [0.25, 0.3) is 0 Å². The highest BCUT2D eigenvalue weighted by molar-refractivity contribution is 5.77. The fourth-order valence-electron chi connectivity index (χ4n) is 3.11. The van der Waals surface area contributed by atoms with Gasteiger partial charge in [-0.2, -0.15) is 5.10 Å². The lowest BCUT2D eigenvalue weighted by atomic mass is 10.0. The molecule has 0 bridgehead atoms. The molecule has 1 atom stereocenters. The summed E-state index contributed by atoms with van der Waals surface area (Å²) >= 11 is 0. The van der Waals surface area contributed by atoms with E-state index in [2.05, 4.69) is 5.10 Å². The van der Waals surface area contributed by atoms with Gasteiger partial charge in [0.15, 0.2) is 0 Å². The fourth-order valence-corrected chi connectivity index (χ4v) is 3.11. The zero-order valence-corrected chi connectivity index (χ0v) is 14.0. The summed E-state index contributed by atoms with van der Waals surface area (Å²) in [6.45, 7) is 5.53. The van der Waals surface area contributed by atoms with Crippen molar-refractivity contribution in [2.75, 3.05) is 19.8 Å². The van der Waals surface area contributed by atoms with Crippen LogP contribution in [0.3, 0.4) is 0 Å². The van der Waals surface area contributed by atoms with Gasteiger partial charge in [-0.05, 0) is 26.7 Å². The molecule has 1 amide bonds. The van der Waals surface area contributed by atoms with Gasteiger partial charge in [-0.15, -0.1) is 0 Å². The first kappa shape index (κ1) is 17.5. The summed E-state index contributed by atoms with van der Waals surface area (Å²) in [5.41, 5.74) is 3.02. The molecule has 1 fully saturated rings. The zero-order chi connectivity index (χ0) is 17.0. The summed E-state index contributed by atoms with van der Waals surface area (Å²) < 4.78 is 7.41. The molecule has 0 spiro atoms. The van der Waals surface area contributed by atoms with E-state index in [9.17, 15) is 9.59 Å². The predicted octanol–water partition coefficient (Wildman–Crippen LogP) is 1.58. The molecular formula is C16H25N3O4. The van der Waals surface area contributed by atoms with Gasteiger partial charge < -0.3 is 14.7 Å². The van der Waals surface area contributed by atoms with Gasteiger partial charge in [0.1, 0.15) is 0 Å². The minimum atomic E-state index is -0.816. The minimum absolute atomic E-state index is 0.0614. The fraction of sp³-hybridized carbons (Fsp3) is 0.688. The SMILES string of the molecule is Cc1nn(C)c(C)c1C1COCCN1C(=O)CCCCC(=O)O. The number of nitrogens with zero attached hydrogens (tertiary/aromatic N) is 3. The number of rotatable bonds is 6. The Bertz CT molecular complexity index is 582. The Morgan fingerprint density at radius 2 is 2.00 bits per heavy atom. The molecule has 0 saturated carbocycles. The Morgan fingerprint density at radius 3 is 2.61 bits per heavy atom. The van der Waals surface area contributed by atoms with Crippen LogP contribution >= 0.6 is 0 Å². The van der Waals surface area contributed by atoms with Crippen molar-refractivity contribution < 1.29 is 19.4 Å². The van der Waals surface area contributed by atoms with E-state index in [1.807, 2.05) is 30.5 Å². The van der Waals surface area contributed by atoms with Gasteiger partial charge in [-0.3, -0.25) is 14.3 Å². The molecule has 1 aromatic rings. The van der Waals surface area contributed by atoms with Crippen LogP contribution in [0.2, 0.25) is 0 Å². The van der Waals surface area contributed by atoms with Gasteiger partial charge in [0.2, 0.25) is 5.91 Å². The third kappa shape index (κ3) is 4.10. The number of carbonyl (C=O) groups is 2. The van der Waals surface area contributed by atoms with Crippen LogP contribution in [-0.2, 0) is 21.4 Å². The maximum Gasteiger partial charge on any atom is 0.303 e. The van der Waals surface area contributed by atoms with Crippen molar-refractivity contribution >= 4 is 11.9 Å². The third-order valence-electron chi connectivity index (χ3n) is 4.38. The molecule has 128 valence electrons. The molecule has 2 rings (SSSR count). The molecular weight excluding hydrogens is 298 g/mol. The number of unbranched alkanes of at least 4 members (excludes halogenated alkanes) is 1. The maximum absolute atomic E-state index is 12.6. The van der Waals surface area contributed by atoms with E-state index in [0.717, 1.165) is 17.0 Å². The number of hydrogen-bond acceptors (Lipinski definition) is 4. The average molecular weight is 323 g/mol. The third-order valence-corrected chi connectivity index (χ3v) is 4.38. The van der Waals surface area contributed by atoms with E-state index in [4.69, 9.17) is 9.84 Å². The first-order chi connectivity index (χ1) is 10.9. The van der Waals surface area contributed by atoms with E-state index in [-0.39, 0.29) is 18.4 Å². The Labute approximate surface area is 136 Å². The summed E-state index contributed by atoms with van der Waals surface area (Å²) in [5.74, 6) is -0.755. The summed E-state index contributed by atoms with van der Waals surface area (Å²) in [5, 5.41) is 13.1. The molecule has 1 saturated heterocycles. The van der Waals surface area contributed by atoms with Gasteiger partial charge in [0, 0.05) is 37.7 Å². The lowest BCUT2D eigenvalue weighted by Crippen LogP contribution is -2.43. The number of ether oxygens (including phenoxy) is 1. The van der Waals surface area contributed by atoms with E-state index >= 15 is 0 Å². The van der Waals surface area contributed by atoms with Gasteiger partial charge in [-0.25, -0.2) is 0 Å². The number of aryl methyl sites for hydroxylation is 2. The molecule has 2 heterocycles. The van der Waals surface area contributed by atoms with Crippen molar-refractivity contribution in [1.82, 2.24) is 14.7 Å². The second-order valence-electron chi connectivity index (χ2n) is 5.99. The van der Waals surface area contributed by atoms with E-state index in [1.165, 1.54) is 0 Å². The van der Waals surface area contributed by atoms with Crippen molar-refractivity contribution in [2.24, 2.45) is 7.05 Å². The monoisotopic (exact) mass is 323 g/mol. The summed E-state index contributed by atoms with van der Waals surface area (Å²) in [4.78, 5) is 25.0. The molecule has 7 heteroatoms. The number of carboxylic acids is 1. The van der Waals surface area contributed by atoms with Crippen LogP contribution in [0.5, 0.6) is 0 Å². The van der Waals surface area contributed by atoms with Crippen molar-refractivity contribution in [1.29, 1.82) is 0 Å². The van der Waals surface area contributed by atoms with Crippen LogP contribution in [0.1, 0.15) is 48.7 Å². The van der Waals surface area contributed by atoms with Crippen LogP contribution in [0.15, 0.2) is 0 Å². The standard InChI is InChI=1S/C16H25N3O4/c1-11-16(12(2)18(3)17-11)13-10-23-9-8-19(13)14(20)6-4-5-7-15(21)22/h13H,4-10H2,1-3H3,(H,21,22). The highest BCUT2D eigenvalue weighted by Gasteiger charge is 2.32. The lowest BCUT2D eigenvalue weighted by molar-refractivity contribution is -0.141. The van der Waals surface area contributed by atoms with Crippen LogP contribution in [-0.4, -0.2) is 51.4 Å². The molecule has 0 radical (unpaired) electrons. The summed E-state index contributed by atoms with van der Waals surface area (Å²) in [6, 6.07) is -0.107. The Kier molecular flexibility index (Phi) is 5.76. The van der Waals surface area contributed by atoms with E-state index in [0.29, 0.717) is 39.0 Å². The molecule has 1 aromatic heterocycles. The Hall–Kier alpha value is -1.89. The Balaban J connectivity index is 2.06. The second kappa shape index (κ2) is 7.59. The summed E-state index contributed by atoms with van der Waals surface area (Å²) in [6.07, 6.45) is 1.62. The maximum atomic E-state index is 12.6. The predicted molar refractivity (Wildman–Crippen MR) is 84.1 cm³/mol. The molecule has 23 heavy (non-hydrogen) atoms. The van der Waals surface area contributed by atoms with Gasteiger partial charge in [-0.1, -0.05) is 0 Å². The first-order valence-corrected chi connectivity index (χ1v) is 8.01. The number of aromatic nitrogens is 2. The smallest absolute Gasteiger partial charge is 0.303 e. The molecule has 0 aliphatic carbocycles. The zero-order valence-electron chi connectivity index (χ0n) is 14.0. The molecule has 0 aromatic carbocycles. The average Bonchev–Trinajstić information content (AvgIpc) is 2.76. The largest absolute Gasteiger partial charge is 0.481 e. The number of morpholine rings is 1. The molecule has 1 aliphatic heterocycles. The number of carbonyl (C=O) groups excluding carboxylic acids is 1. The van der Waals surface area contributed by atoms with Gasteiger partial charge in [0.05, 0.1) is 24.9 Å². The van der Waals surface area contributed by atoms with Crippen LogP contribution in [0, 0.1) is 13.8 Å². The number of aliphatic carboxylic acids is 1. The van der Waals surface area contributed by atoms with Gasteiger partial charge in [0.25, 0.3) is 0 Å². The topological polar surface area (TPSA) is 84.7 Å². The number of carboxylic acid groups (broad SMARTS) is 1. The van der Waals surface area contributed by atoms with Gasteiger partial charge >= 0.3 is 5.97 Å². The summed E-state index contributed by atoms with van der Waals surface area (Å²) in [7, 11) is 1.90. The minimum Gasteiger partial charge on any atom is -0.481 e.